The van der Waals surface area contributed by atoms with Crippen LogP contribution in [0.15, 0.2) is 18.2 Å². The van der Waals surface area contributed by atoms with Crippen molar-refractivity contribution in [3.8, 4) is 5.75 Å². The van der Waals surface area contributed by atoms with Gasteiger partial charge in [-0.05, 0) is 19.4 Å². The zero-order valence-electron chi connectivity index (χ0n) is 7.66. The predicted molar refractivity (Wildman–Crippen MR) is 48.4 cm³/mol. The summed E-state index contributed by atoms with van der Waals surface area (Å²) in [6.07, 6.45) is -0.472. The lowest BCUT2D eigenvalue weighted by Crippen LogP contribution is -1.97. The maximum atomic E-state index is 9.38. The second-order valence-corrected chi connectivity index (χ2v) is 2.87. The molecule has 1 N–H and O–H groups in total. The number of para-hydroxylation sites is 1. The first-order valence-corrected chi connectivity index (χ1v) is 3.98. The van der Waals surface area contributed by atoms with E-state index in [9.17, 15) is 5.11 Å². The van der Waals surface area contributed by atoms with Crippen LogP contribution < -0.4 is 4.74 Å². The van der Waals surface area contributed by atoms with Crippen LogP contribution in [0.3, 0.4) is 0 Å². The molecule has 1 aromatic carbocycles. The highest BCUT2D eigenvalue weighted by atomic mass is 16.5. The van der Waals surface area contributed by atoms with Crippen molar-refractivity contribution in [2.75, 3.05) is 7.11 Å². The van der Waals surface area contributed by atoms with Gasteiger partial charge in [-0.1, -0.05) is 18.2 Å². The summed E-state index contributed by atoms with van der Waals surface area (Å²) in [6, 6.07) is 5.75. The Bertz CT molecular complexity index is 267. The molecule has 0 spiro atoms. The van der Waals surface area contributed by atoms with Crippen molar-refractivity contribution < 1.29 is 9.84 Å². The molecule has 0 radical (unpaired) electrons. The topological polar surface area (TPSA) is 29.5 Å². The van der Waals surface area contributed by atoms with E-state index in [1.807, 2.05) is 25.1 Å². The van der Waals surface area contributed by atoms with Gasteiger partial charge in [0.2, 0.25) is 0 Å². The summed E-state index contributed by atoms with van der Waals surface area (Å²) < 4.78 is 5.18. The summed E-state index contributed by atoms with van der Waals surface area (Å²) in [5, 5.41) is 9.38. The smallest absolute Gasteiger partial charge is 0.127 e. The van der Waals surface area contributed by atoms with E-state index in [1.54, 1.807) is 14.0 Å². The molecule has 0 unspecified atom stereocenters. The molecule has 0 amide bonds. The van der Waals surface area contributed by atoms with Crippen molar-refractivity contribution >= 4 is 0 Å². The average molecular weight is 166 g/mol. The number of benzene rings is 1. The minimum Gasteiger partial charge on any atom is -0.496 e. The van der Waals surface area contributed by atoms with E-state index in [4.69, 9.17) is 4.74 Å². The Labute approximate surface area is 72.8 Å². The summed E-state index contributed by atoms with van der Waals surface area (Å²) in [5.41, 5.74) is 1.90. The fourth-order valence-corrected chi connectivity index (χ4v) is 1.28. The van der Waals surface area contributed by atoms with Crippen molar-refractivity contribution in [2.45, 2.75) is 20.0 Å². The first kappa shape index (κ1) is 9.07. The molecule has 0 saturated carbocycles. The van der Waals surface area contributed by atoms with Gasteiger partial charge >= 0.3 is 0 Å². The van der Waals surface area contributed by atoms with Crippen molar-refractivity contribution in [1.82, 2.24) is 0 Å². The quantitative estimate of drug-likeness (QED) is 0.728. The molecular formula is C10H14O2. The molecule has 0 aliphatic rings. The van der Waals surface area contributed by atoms with Crippen LogP contribution in [0.5, 0.6) is 5.75 Å². The van der Waals surface area contributed by atoms with Gasteiger partial charge in [-0.15, -0.1) is 0 Å². The van der Waals surface area contributed by atoms with Gasteiger partial charge in [0.25, 0.3) is 0 Å². The van der Waals surface area contributed by atoms with Crippen LogP contribution in [0, 0.1) is 6.92 Å². The number of aliphatic hydroxyl groups excluding tert-OH is 1. The van der Waals surface area contributed by atoms with Gasteiger partial charge in [0, 0.05) is 5.56 Å². The van der Waals surface area contributed by atoms with Crippen molar-refractivity contribution in [2.24, 2.45) is 0 Å². The lowest BCUT2D eigenvalue weighted by molar-refractivity contribution is 0.194. The molecule has 0 aromatic heterocycles. The number of hydrogen-bond donors (Lipinski definition) is 1. The van der Waals surface area contributed by atoms with E-state index >= 15 is 0 Å². The number of methoxy groups -OCH3 is 1. The Morgan fingerprint density at radius 3 is 2.50 bits per heavy atom. The first-order valence-electron chi connectivity index (χ1n) is 3.98. The number of hydrogen-bond acceptors (Lipinski definition) is 2. The zero-order chi connectivity index (χ0) is 9.14. The van der Waals surface area contributed by atoms with Gasteiger partial charge in [0.1, 0.15) is 5.75 Å². The van der Waals surface area contributed by atoms with Crippen LogP contribution >= 0.6 is 0 Å². The van der Waals surface area contributed by atoms with Crippen LogP contribution in [0.2, 0.25) is 0 Å². The standard InChI is InChI=1S/C10H14O2/c1-7-5-4-6-9(8(2)11)10(7)12-3/h4-6,8,11H,1-3H3/t8-/m1/s1. The van der Waals surface area contributed by atoms with E-state index in [0.29, 0.717) is 0 Å². The van der Waals surface area contributed by atoms with Gasteiger partial charge in [0.15, 0.2) is 0 Å². The lowest BCUT2D eigenvalue weighted by Gasteiger charge is -2.12. The van der Waals surface area contributed by atoms with Gasteiger partial charge < -0.3 is 9.84 Å². The Balaban J connectivity index is 3.18. The van der Waals surface area contributed by atoms with Crippen molar-refractivity contribution in [1.29, 1.82) is 0 Å². The summed E-state index contributed by atoms with van der Waals surface area (Å²) in [4.78, 5) is 0. The second kappa shape index (κ2) is 3.59. The molecule has 0 aliphatic carbocycles. The van der Waals surface area contributed by atoms with E-state index in [0.717, 1.165) is 16.9 Å². The highest BCUT2D eigenvalue weighted by molar-refractivity contribution is 5.41. The minimum atomic E-state index is -0.472. The second-order valence-electron chi connectivity index (χ2n) is 2.87. The largest absolute Gasteiger partial charge is 0.496 e. The number of aryl methyl sites for hydroxylation is 1. The van der Waals surface area contributed by atoms with E-state index < -0.39 is 6.10 Å². The summed E-state index contributed by atoms with van der Waals surface area (Å²) >= 11 is 0. The molecule has 0 aliphatic heterocycles. The molecule has 0 saturated heterocycles. The average Bonchev–Trinajstić information content (AvgIpc) is 2.03. The Morgan fingerprint density at radius 2 is 2.08 bits per heavy atom. The maximum Gasteiger partial charge on any atom is 0.127 e. The van der Waals surface area contributed by atoms with Crippen LogP contribution in [0.4, 0.5) is 0 Å². The zero-order valence-corrected chi connectivity index (χ0v) is 7.66. The molecule has 1 rings (SSSR count). The maximum absolute atomic E-state index is 9.38. The van der Waals surface area contributed by atoms with Gasteiger partial charge in [-0.2, -0.15) is 0 Å². The van der Waals surface area contributed by atoms with Crippen LogP contribution in [0.1, 0.15) is 24.2 Å². The fraction of sp³-hybridized carbons (Fsp3) is 0.400. The molecule has 0 fully saturated rings. The molecule has 1 atom stereocenters. The number of rotatable bonds is 2. The van der Waals surface area contributed by atoms with Gasteiger partial charge in [0.05, 0.1) is 13.2 Å². The third kappa shape index (κ3) is 1.59. The molecule has 2 heteroatoms. The van der Waals surface area contributed by atoms with Gasteiger partial charge in [-0.25, -0.2) is 0 Å². The van der Waals surface area contributed by atoms with Crippen LogP contribution in [0.25, 0.3) is 0 Å². The Hall–Kier alpha value is -1.02. The van der Waals surface area contributed by atoms with Gasteiger partial charge in [-0.3, -0.25) is 0 Å². The van der Waals surface area contributed by atoms with E-state index in [2.05, 4.69) is 0 Å². The van der Waals surface area contributed by atoms with Crippen LogP contribution in [-0.2, 0) is 0 Å². The Kier molecular flexibility index (Phi) is 2.71. The van der Waals surface area contributed by atoms with Crippen molar-refractivity contribution in [3.05, 3.63) is 29.3 Å². The van der Waals surface area contributed by atoms with E-state index in [-0.39, 0.29) is 0 Å². The monoisotopic (exact) mass is 166 g/mol. The summed E-state index contributed by atoms with van der Waals surface area (Å²) in [6.45, 7) is 3.70. The third-order valence-electron chi connectivity index (χ3n) is 1.90. The molecule has 12 heavy (non-hydrogen) atoms. The summed E-state index contributed by atoms with van der Waals surface area (Å²) in [5.74, 6) is 0.785. The molecular weight excluding hydrogens is 152 g/mol. The molecule has 0 bridgehead atoms. The predicted octanol–water partition coefficient (Wildman–Crippen LogP) is 2.06. The molecule has 1 aromatic rings. The Morgan fingerprint density at radius 1 is 1.42 bits per heavy atom. The highest BCUT2D eigenvalue weighted by Crippen LogP contribution is 2.27. The van der Waals surface area contributed by atoms with E-state index in [1.165, 1.54) is 0 Å². The SMILES string of the molecule is COc1c(C)cccc1[C@@H](C)O. The molecule has 0 heterocycles. The molecule has 2 nitrogen and oxygen atoms in total. The number of ether oxygens (including phenoxy) is 1. The fourth-order valence-electron chi connectivity index (χ4n) is 1.28. The molecule has 66 valence electrons. The highest BCUT2D eigenvalue weighted by Gasteiger charge is 2.09. The lowest BCUT2D eigenvalue weighted by atomic mass is 10.1. The third-order valence-corrected chi connectivity index (χ3v) is 1.90. The van der Waals surface area contributed by atoms with Crippen LogP contribution in [-0.4, -0.2) is 12.2 Å². The minimum absolute atomic E-state index is 0.472. The number of aliphatic hydroxyl groups is 1. The first-order chi connectivity index (χ1) is 5.66. The van der Waals surface area contributed by atoms with Crippen molar-refractivity contribution in [3.63, 3.8) is 0 Å². The normalized spacial score (nSPS) is 12.7. The summed E-state index contributed by atoms with van der Waals surface area (Å²) in [7, 11) is 1.62.